The summed E-state index contributed by atoms with van der Waals surface area (Å²) in [6.45, 7) is 2.24. The lowest BCUT2D eigenvalue weighted by molar-refractivity contribution is -0.116. The molecule has 2 heterocycles. The number of aromatic nitrogens is 3. The Morgan fingerprint density at radius 1 is 1.06 bits per heavy atom. The molecule has 1 aromatic heterocycles. The van der Waals surface area contributed by atoms with Gasteiger partial charge >= 0.3 is 0 Å². The highest BCUT2D eigenvalue weighted by Crippen LogP contribution is 2.38. The molecule has 3 aromatic carbocycles. The summed E-state index contributed by atoms with van der Waals surface area (Å²) >= 11 is 1.31. The molecule has 0 saturated carbocycles. The van der Waals surface area contributed by atoms with Crippen molar-refractivity contribution < 1.29 is 13.9 Å². The molecule has 178 valence electrons. The molecule has 4 aromatic rings. The van der Waals surface area contributed by atoms with Gasteiger partial charge < -0.3 is 15.5 Å². The molecule has 0 radical (unpaired) electrons. The highest BCUT2D eigenvalue weighted by Gasteiger charge is 2.38. The minimum absolute atomic E-state index is 0.172. The number of thioether (sulfide) groups is 1. The van der Waals surface area contributed by atoms with Gasteiger partial charge in [0.1, 0.15) is 23.4 Å². The number of carbonyl (C=O) groups is 1. The van der Waals surface area contributed by atoms with E-state index in [4.69, 9.17) is 4.74 Å². The number of nitrogens with zero attached hydrogens (tertiary/aromatic N) is 3. The maximum Gasteiger partial charge on any atom is 0.240 e. The summed E-state index contributed by atoms with van der Waals surface area (Å²) in [4.78, 5) is 13.5. The molecule has 0 aliphatic carbocycles. The number of amides is 1. The maximum absolute atomic E-state index is 13.6. The Bertz CT molecular complexity index is 1310. The quantitative estimate of drug-likeness (QED) is 0.382. The third kappa shape index (κ3) is 5.00. The number of nitrogens with one attached hydrogen (secondary N) is 2. The fraction of sp³-hybridized carbons (Fsp3) is 0.192. The first-order valence-corrected chi connectivity index (χ1v) is 12.2. The number of halogens is 1. The van der Waals surface area contributed by atoms with Gasteiger partial charge in [-0.15, -0.1) is 10.2 Å². The zero-order valence-corrected chi connectivity index (χ0v) is 19.8. The van der Waals surface area contributed by atoms with E-state index in [-0.39, 0.29) is 18.3 Å². The number of benzene rings is 3. The average molecular weight is 490 g/mol. The molecule has 2 atom stereocenters. The smallest absolute Gasteiger partial charge is 0.240 e. The van der Waals surface area contributed by atoms with Crippen LogP contribution in [0.3, 0.4) is 0 Å². The van der Waals surface area contributed by atoms with Crippen molar-refractivity contribution in [2.24, 2.45) is 0 Å². The molecule has 1 aliphatic rings. The van der Waals surface area contributed by atoms with Gasteiger partial charge in [0.15, 0.2) is 5.82 Å². The summed E-state index contributed by atoms with van der Waals surface area (Å²) in [7, 11) is 0. The second-order valence-electron chi connectivity index (χ2n) is 8.03. The van der Waals surface area contributed by atoms with Gasteiger partial charge in [0.25, 0.3) is 0 Å². The second kappa shape index (κ2) is 10.2. The van der Waals surface area contributed by atoms with Crippen molar-refractivity contribution in [3.8, 4) is 5.75 Å². The number of para-hydroxylation sites is 2. The summed E-state index contributed by atoms with van der Waals surface area (Å²) < 4.78 is 21.2. The third-order valence-corrected chi connectivity index (χ3v) is 6.97. The summed E-state index contributed by atoms with van der Waals surface area (Å²) in [5.41, 5.74) is 5.98. The number of hydrogen-bond acceptors (Lipinski definition) is 6. The number of hydrogen-bond donors (Lipinski definition) is 2. The minimum atomic E-state index is -0.565. The number of fused-ring (bicyclic) bond motifs is 1. The van der Waals surface area contributed by atoms with Crippen LogP contribution in [-0.2, 0) is 17.8 Å². The Morgan fingerprint density at radius 3 is 2.57 bits per heavy atom. The summed E-state index contributed by atoms with van der Waals surface area (Å²) in [5, 5.41) is 11.6. The first kappa shape index (κ1) is 22.9. The van der Waals surface area contributed by atoms with E-state index < -0.39 is 11.3 Å². The van der Waals surface area contributed by atoms with Gasteiger partial charge in [0.05, 0.1) is 6.04 Å². The second-order valence-corrected chi connectivity index (χ2v) is 9.14. The van der Waals surface area contributed by atoms with Crippen LogP contribution in [0.1, 0.15) is 29.9 Å². The van der Waals surface area contributed by atoms with Gasteiger partial charge in [0, 0.05) is 5.69 Å². The van der Waals surface area contributed by atoms with Crippen LogP contribution in [0.2, 0.25) is 0 Å². The number of anilines is 1. The van der Waals surface area contributed by atoms with E-state index in [2.05, 4.69) is 20.9 Å². The van der Waals surface area contributed by atoms with Crippen molar-refractivity contribution in [1.29, 1.82) is 0 Å². The van der Waals surface area contributed by atoms with Crippen molar-refractivity contribution in [3.63, 3.8) is 0 Å². The molecule has 0 fully saturated rings. The first-order valence-electron chi connectivity index (χ1n) is 11.3. The third-order valence-electron chi connectivity index (χ3n) is 5.76. The zero-order valence-electron chi connectivity index (χ0n) is 19.0. The predicted octanol–water partition coefficient (Wildman–Crippen LogP) is 4.96. The lowest BCUT2D eigenvalue weighted by Gasteiger charge is -2.33. The molecule has 0 bridgehead atoms. The molecule has 5 rings (SSSR count). The van der Waals surface area contributed by atoms with Gasteiger partial charge in [-0.1, -0.05) is 67.2 Å². The van der Waals surface area contributed by atoms with E-state index in [0.29, 0.717) is 11.0 Å². The zero-order chi connectivity index (χ0) is 24.2. The molecule has 2 N–H and O–H groups in total. The van der Waals surface area contributed by atoms with E-state index in [0.717, 1.165) is 29.0 Å². The van der Waals surface area contributed by atoms with Crippen molar-refractivity contribution in [1.82, 2.24) is 14.9 Å². The van der Waals surface area contributed by atoms with Crippen LogP contribution in [-0.4, -0.2) is 26.0 Å². The van der Waals surface area contributed by atoms with Crippen molar-refractivity contribution in [2.75, 3.05) is 10.7 Å². The van der Waals surface area contributed by atoms with Gasteiger partial charge in [-0.05, 0) is 47.9 Å². The van der Waals surface area contributed by atoms with E-state index in [1.54, 1.807) is 16.8 Å². The highest BCUT2D eigenvalue weighted by molar-refractivity contribution is 8.00. The molecule has 9 heteroatoms. The van der Waals surface area contributed by atoms with Gasteiger partial charge in [-0.3, -0.25) is 4.79 Å². The monoisotopic (exact) mass is 489 g/mol. The van der Waals surface area contributed by atoms with Gasteiger partial charge in [0.2, 0.25) is 11.1 Å². The number of carbonyl (C=O) groups excluding carboxylic acids is 1. The first-order chi connectivity index (χ1) is 17.1. The molecule has 35 heavy (non-hydrogen) atoms. The van der Waals surface area contributed by atoms with E-state index >= 15 is 0 Å². The summed E-state index contributed by atoms with van der Waals surface area (Å²) in [6.07, 6.45) is 0.799. The number of ether oxygens (including phenoxy) is 1. The average Bonchev–Trinajstić information content (AvgIpc) is 3.30. The van der Waals surface area contributed by atoms with E-state index in [9.17, 15) is 9.18 Å². The molecule has 0 spiro atoms. The van der Waals surface area contributed by atoms with Crippen LogP contribution < -0.4 is 15.5 Å². The van der Waals surface area contributed by atoms with Crippen LogP contribution >= 0.6 is 11.8 Å². The Balaban J connectivity index is 1.43. The Kier molecular flexibility index (Phi) is 6.67. The molecule has 1 aliphatic heterocycles. The molecule has 0 unspecified atom stereocenters. The van der Waals surface area contributed by atoms with Gasteiger partial charge in [-0.2, -0.15) is 0 Å². The number of rotatable bonds is 7. The van der Waals surface area contributed by atoms with Crippen LogP contribution in [0.5, 0.6) is 5.75 Å². The molecule has 0 saturated heterocycles. The lowest BCUT2D eigenvalue weighted by atomic mass is 10.0. The topological polar surface area (TPSA) is 81.1 Å². The Labute approximate surface area is 206 Å². The molecule has 1 amide bonds. The minimum Gasteiger partial charge on any atom is -0.486 e. The fourth-order valence-electron chi connectivity index (χ4n) is 3.93. The van der Waals surface area contributed by atoms with E-state index in [1.165, 1.54) is 23.9 Å². The fourth-order valence-corrected chi connectivity index (χ4v) is 5.03. The van der Waals surface area contributed by atoms with Crippen molar-refractivity contribution in [2.45, 2.75) is 36.4 Å². The number of aryl methyl sites for hydroxylation is 1. The maximum atomic E-state index is 13.6. The SMILES string of the molecule is CCc1ccccc1NC(=O)[C@@H]1Sc2nnc(COc3ccccc3)n2N[C@H]1c1ccc(F)cc1. The summed E-state index contributed by atoms with van der Waals surface area (Å²) in [6, 6.07) is 22.9. The molecule has 7 nitrogen and oxygen atoms in total. The Hall–Kier alpha value is -3.85. The normalized spacial score (nSPS) is 16.7. The van der Waals surface area contributed by atoms with Crippen LogP contribution in [0.25, 0.3) is 0 Å². The predicted molar refractivity (Wildman–Crippen MR) is 133 cm³/mol. The molecular formula is C26H24FN5O2S. The standard InChI is InChI=1S/C26H24FN5O2S/c1-2-17-8-6-7-11-21(17)28-25(33)24-23(18-12-14-19(27)15-13-18)31-32-22(29-30-26(32)35-24)16-34-20-9-4-3-5-10-20/h3-15,23-24,31H,2,16H2,1H3,(H,28,33)/t23-,24+/m0/s1. The van der Waals surface area contributed by atoms with Crippen LogP contribution in [0.4, 0.5) is 10.1 Å². The largest absolute Gasteiger partial charge is 0.486 e. The van der Waals surface area contributed by atoms with E-state index in [1.807, 2.05) is 61.5 Å². The summed E-state index contributed by atoms with van der Waals surface area (Å²) in [5.74, 6) is 0.778. The van der Waals surface area contributed by atoms with Crippen LogP contribution in [0.15, 0.2) is 84.0 Å². The van der Waals surface area contributed by atoms with Crippen molar-refractivity contribution in [3.05, 3.63) is 102 Å². The van der Waals surface area contributed by atoms with Crippen LogP contribution in [0, 0.1) is 5.82 Å². The Morgan fingerprint density at radius 2 is 1.80 bits per heavy atom. The highest BCUT2D eigenvalue weighted by atomic mass is 32.2. The van der Waals surface area contributed by atoms with Gasteiger partial charge in [-0.25, -0.2) is 9.07 Å². The van der Waals surface area contributed by atoms with Crippen molar-refractivity contribution >= 4 is 23.4 Å². The lowest BCUT2D eigenvalue weighted by Crippen LogP contribution is -2.41. The molecular weight excluding hydrogens is 465 g/mol.